The summed E-state index contributed by atoms with van der Waals surface area (Å²) in [5, 5.41) is 7.22. The van der Waals surface area contributed by atoms with E-state index < -0.39 is 11.7 Å². The van der Waals surface area contributed by atoms with Gasteiger partial charge in [0.05, 0.1) is 16.9 Å². The van der Waals surface area contributed by atoms with Crippen molar-refractivity contribution in [2.24, 2.45) is 0 Å². The number of hydrogen-bond acceptors (Lipinski definition) is 6. The second-order valence-corrected chi connectivity index (χ2v) is 8.52. The zero-order valence-corrected chi connectivity index (χ0v) is 19.6. The lowest BCUT2D eigenvalue weighted by Gasteiger charge is -2.10. The Hall–Kier alpha value is -4.05. The van der Waals surface area contributed by atoms with Crippen molar-refractivity contribution in [1.82, 2.24) is 24.3 Å². The van der Waals surface area contributed by atoms with E-state index in [-0.39, 0.29) is 35.1 Å². The molecule has 9 nitrogen and oxygen atoms in total. The van der Waals surface area contributed by atoms with Crippen LogP contribution in [0.4, 0.5) is 10.1 Å². The van der Waals surface area contributed by atoms with Crippen LogP contribution in [-0.2, 0) is 24.3 Å². The first-order valence-electron chi connectivity index (χ1n) is 10.9. The number of nitrogens with one attached hydrogen (secondary N) is 1. The van der Waals surface area contributed by atoms with E-state index in [1.807, 2.05) is 32.0 Å². The maximum absolute atomic E-state index is 13.5. The van der Waals surface area contributed by atoms with Gasteiger partial charge in [-0.1, -0.05) is 35.3 Å². The second-order valence-electron chi connectivity index (χ2n) is 8.12. The summed E-state index contributed by atoms with van der Waals surface area (Å²) < 4.78 is 21.7. The molecule has 0 saturated heterocycles. The Morgan fingerprint density at radius 3 is 2.80 bits per heavy atom. The fourth-order valence-electron chi connectivity index (χ4n) is 3.95. The fourth-order valence-corrected chi connectivity index (χ4v) is 4.13. The van der Waals surface area contributed by atoms with Crippen molar-refractivity contribution in [3.63, 3.8) is 0 Å². The standard InChI is InChI=1S/C24H20ClFN6O3/c1-3-19-29-21(35-30-19)11-31-12-27-22-15-8-13(2)4-7-18(15)32(23(22)24(31)34)10-20(33)28-14-5-6-17(26)16(25)9-14/h4-9,12H,3,10-11H2,1-2H3,(H,28,33). The number of benzene rings is 2. The number of fused-ring (bicyclic) bond motifs is 3. The predicted octanol–water partition coefficient (Wildman–Crippen LogP) is 4.08. The topological polar surface area (TPSA) is 108 Å². The third kappa shape index (κ3) is 4.28. The molecule has 0 saturated carbocycles. The lowest BCUT2D eigenvalue weighted by Crippen LogP contribution is -2.25. The van der Waals surface area contributed by atoms with E-state index in [1.54, 1.807) is 4.57 Å². The van der Waals surface area contributed by atoms with Gasteiger partial charge in [0.2, 0.25) is 11.8 Å². The summed E-state index contributed by atoms with van der Waals surface area (Å²) in [5.74, 6) is -0.161. The van der Waals surface area contributed by atoms with E-state index in [2.05, 4.69) is 20.4 Å². The molecule has 1 amide bonds. The van der Waals surface area contributed by atoms with E-state index in [9.17, 15) is 14.0 Å². The summed E-state index contributed by atoms with van der Waals surface area (Å²) in [4.78, 5) is 35.2. The number of rotatable bonds is 6. The molecule has 35 heavy (non-hydrogen) atoms. The number of anilines is 1. The molecule has 0 aliphatic carbocycles. The molecule has 0 radical (unpaired) electrons. The lowest BCUT2D eigenvalue weighted by molar-refractivity contribution is -0.116. The van der Waals surface area contributed by atoms with Gasteiger partial charge >= 0.3 is 0 Å². The van der Waals surface area contributed by atoms with Crippen molar-refractivity contribution >= 4 is 45.1 Å². The van der Waals surface area contributed by atoms with E-state index in [4.69, 9.17) is 16.1 Å². The minimum Gasteiger partial charge on any atom is -0.337 e. The first-order valence-corrected chi connectivity index (χ1v) is 11.3. The summed E-state index contributed by atoms with van der Waals surface area (Å²) in [7, 11) is 0. The molecule has 5 rings (SSSR count). The third-order valence-electron chi connectivity index (χ3n) is 5.62. The van der Waals surface area contributed by atoms with Crippen LogP contribution in [-0.4, -0.2) is 30.2 Å². The van der Waals surface area contributed by atoms with Gasteiger partial charge in [-0.05, 0) is 37.3 Å². The lowest BCUT2D eigenvalue weighted by atomic mass is 10.1. The van der Waals surface area contributed by atoms with Gasteiger partial charge in [-0.2, -0.15) is 4.98 Å². The van der Waals surface area contributed by atoms with Crippen molar-refractivity contribution < 1.29 is 13.7 Å². The van der Waals surface area contributed by atoms with Gasteiger partial charge in [0.1, 0.15) is 29.9 Å². The molecule has 11 heteroatoms. The Labute approximate surface area is 203 Å². The van der Waals surface area contributed by atoms with Crippen LogP contribution < -0.4 is 10.9 Å². The highest BCUT2D eigenvalue weighted by molar-refractivity contribution is 6.31. The van der Waals surface area contributed by atoms with Gasteiger partial charge in [0.25, 0.3) is 5.56 Å². The van der Waals surface area contributed by atoms with Crippen molar-refractivity contribution in [1.29, 1.82) is 0 Å². The van der Waals surface area contributed by atoms with Gasteiger partial charge in [-0.3, -0.25) is 14.2 Å². The average Bonchev–Trinajstić information content (AvgIpc) is 3.41. The van der Waals surface area contributed by atoms with Crippen LogP contribution in [0.1, 0.15) is 24.2 Å². The van der Waals surface area contributed by atoms with Crippen LogP contribution in [0.25, 0.3) is 21.9 Å². The molecule has 0 aliphatic heterocycles. The summed E-state index contributed by atoms with van der Waals surface area (Å²) in [6.07, 6.45) is 2.05. The minimum atomic E-state index is -0.582. The monoisotopic (exact) mass is 494 g/mol. The smallest absolute Gasteiger partial charge is 0.278 e. The quantitative estimate of drug-likeness (QED) is 0.381. The molecule has 3 aromatic heterocycles. The highest BCUT2D eigenvalue weighted by atomic mass is 35.5. The fraction of sp³-hybridized carbons (Fsp3) is 0.208. The minimum absolute atomic E-state index is 0.0512. The third-order valence-corrected chi connectivity index (χ3v) is 5.91. The second kappa shape index (κ2) is 8.95. The number of nitrogens with zero attached hydrogens (tertiary/aromatic N) is 5. The van der Waals surface area contributed by atoms with Crippen molar-refractivity contribution in [3.05, 3.63) is 81.2 Å². The molecule has 0 unspecified atom stereocenters. The Bertz CT molecular complexity index is 1650. The number of amides is 1. The molecule has 0 bridgehead atoms. The highest BCUT2D eigenvalue weighted by Gasteiger charge is 2.20. The summed E-state index contributed by atoms with van der Waals surface area (Å²) in [6.45, 7) is 3.73. The molecule has 2 aromatic carbocycles. The zero-order valence-electron chi connectivity index (χ0n) is 18.9. The SMILES string of the molecule is CCc1noc(Cn2cnc3c4cc(C)ccc4n(CC(=O)Nc4ccc(F)c(Cl)c4)c3c2=O)n1. The molecular weight excluding hydrogens is 475 g/mol. The van der Waals surface area contributed by atoms with E-state index in [1.165, 1.54) is 29.1 Å². The summed E-state index contributed by atoms with van der Waals surface area (Å²) >= 11 is 5.83. The first kappa shape index (κ1) is 22.7. The predicted molar refractivity (Wildman–Crippen MR) is 129 cm³/mol. The largest absolute Gasteiger partial charge is 0.337 e. The number of halogens is 2. The number of aryl methyl sites for hydroxylation is 2. The van der Waals surface area contributed by atoms with Gasteiger partial charge in [0, 0.05) is 17.5 Å². The van der Waals surface area contributed by atoms with Gasteiger partial charge < -0.3 is 14.4 Å². The average molecular weight is 495 g/mol. The first-order chi connectivity index (χ1) is 16.8. The van der Waals surface area contributed by atoms with E-state index in [0.29, 0.717) is 29.0 Å². The molecule has 0 fully saturated rings. The Kier molecular flexibility index (Phi) is 5.81. The molecule has 3 heterocycles. The van der Waals surface area contributed by atoms with E-state index in [0.717, 1.165) is 10.9 Å². The van der Waals surface area contributed by atoms with Crippen LogP contribution in [0.15, 0.2) is 52.0 Å². The molecular formula is C24H20ClFN6O3. The molecule has 178 valence electrons. The van der Waals surface area contributed by atoms with Crippen molar-refractivity contribution in [2.45, 2.75) is 33.4 Å². The van der Waals surface area contributed by atoms with Crippen molar-refractivity contribution in [2.75, 3.05) is 5.32 Å². The number of carbonyl (C=O) groups is 1. The van der Waals surface area contributed by atoms with Gasteiger partial charge in [-0.25, -0.2) is 9.37 Å². The molecule has 5 aromatic rings. The number of carbonyl (C=O) groups excluding carboxylic acids is 1. The maximum Gasteiger partial charge on any atom is 0.278 e. The van der Waals surface area contributed by atoms with Gasteiger partial charge in [0.15, 0.2) is 5.82 Å². The van der Waals surface area contributed by atoms with Crippen LogP contribution in [0.5, 0.6) is 0 Å². The number of aromatic nitrogens is 5. The summed E-state index contributed by atoms with van der Waals surface area (Å²) in [6, 6.07) is 9.59. The maximum atomic E-state index is 13.5. The Morgan fingerprint density at radius 2 is 2.06 bits per heavy atom. The normalized spacial score (nSPS) is 11.4. The van der Waals surface area contributed by atoms with Crippen LogP contribution in [0.2, 0.25) is 5.02 Å². The summed E-state index contributed by atoms with van der Waals surface area (Å²) in [5.41, 5.74) is 2.43. The van der Waals surface area contributed by atoms with Crippen LogP contribution in [0, 0.1) is 12.7 Å². The van der Waals surface area contributed by atoms with Crippen LogP contribution >= 0.6 is 11.6 Å². The molecule has 0 aliphatic rings. The molecule has 1 N–H and O–H groups in total. The highest BCUT2D eigenvalue weighted by Crippen LogP contribution is 2.27. The van der Waals surface area contributed by atoms with Crippen molar-refractivity contribution in [3.8, 4) is 0 Å². The van der Waals surface area contributed by atoms with Crippen LogP contribution in [0.3, 0.4) is 0 Å². The number of hydrogen-bond donors (Lipinski definition) is 1. The molecule has 0 spiro atoms. The Morgan fingerprint density at radius 1 is 1.23 bits per heavy atom. The molecule has 0 atom stereocenters. The zero-order chi connectivity index (χ0) is 24.7. The van der Waals surface area contributed by atoms with E-state index >= 15 is 0 Å². The Balaban J connectivity index is 1.57. The van der Waals surface area contributed by atoms with Gasteiger partial charge in [-0.15, -0.1) is 0 Å².